The molecule has 0 heterocycles. The number of hydrogen-bond acceptors (Lipinski definition) is 1. The number of hydrogen-bond donors (Lipinski definition) is 0. The highest BCUT2D eigenvalue weighted by molar-refractivity contribution is 6.17. The lowest BCUT2D eigenvalue weighted by Crippen LogP contribution is -1.95. The van der Waals surface area contributed by atoms with Gasteiger partial charge in [0.2, 0.25) is 0 Å². The lowest BCUT2D eigenvalue weighted by atomic mass is 10.0. The Hall–Kier alpha value is -1.47. The molecule has 0 bridgehead atoms. The molecule has 0 N–H and O–H groups in total. The Bertz CT molecular complexity index is 488. The zero-order valence-electron chi connectivity index (χ0n) is 11.2. The summed E-state index contributed by atoms with van der Waals surface area (Å²) in [5.74, 6) is 1.50. The van der Waals surface area contributed by atoms with Gasteiger partial charge in [0.25, 0.3) is 0 Å². The highest BCUT2D eigenvalue weighted by Crippen LogP contribution is 2.23. The van der Waals surface area contributed by atoms with Gasteiger partial charge in [-0.15, -0.1) is 11.6 Å². The molecule has 0 spiro atoms. The molecule has 2 aromatic carbocycles. The second-order valence-electron chi connectivity index (χ2n) is 4.56. The zero-order chi connectivity index (χ0) is 13.5. The first-order chi connectivity index (χ1) is 9.33. The minimum atomic E-state index is 0.560. The number of unbranched alkanes of at least 4 members (excludes halogenated alkanes) is 1. The Morgan fingerprint density at radius 2 is 1.47 bits per heavy atom. The number of rotatable bonds is 6. The molecule has 0 radical (unpaired) electrons. The van der Waals surface area contributed by atoms with E-state index in [2.05, 4.69) is 43.3 Å². The fourth-order valence-electron chi connectivity index (χ4n) is 1.86. The molecule has 2 aromatic rings. The van der Waals surface area contributed by atoms with E-state index in [0.717, 1.165) is 30.8 Å². The van der Waals surface area contributed by atoms with E-state index in [9.17, 15) is 0 Å². The Kier molecular flexibility index (Phi) is 5.29. The van der Waals surface area contributed by atoms with E-state index in [1.165, 1.54) is 11.1 Å². The highest BCUT2D eigenvalue weighted by atomic mass is 35.5. The second-order valence-corrected chi connectivity index (χ2v) is 4.82. The summed E-state index contributed by atoms with van der Waals surface area (Å²) >= 11 is 5.79. The second kappa shape index (κ2) is 7.20. The molecule has 0 atom stereocenters. The third-order valence-corrected chi connectivity index (χ3v) is 3.37. The Morgan fingerprint density at radius 1 is 0.895 bits per heavy atom. The molecule has 0 aliphatic heterocycles. The van der Waals surface area contributed by atoms with Gasteiger partial charge in [0.05, 0.1) is 6.61 Å². The molecule has 100 valence electrons. The summed E-state index contributed by atoms with van der Waals surface area (Å²) in [7, 11) is 0. The number of halogens is 1. The van der Waals surface area contributed by atoms with Crippen molar-refractivity contribution >= 4 is 11.6 Å². The summed E-state index contributed by atoms with van der Waals surface area (Å²) in [6.45, 7) is 2.96. The molecule has 0 aromatic heterocycles. The van der Waals surface area contributed by atoms with E-state index in [-0.39, 0.29) is 0 Å². The van der Waals surface area contributed by atoms with E-state index in [4.69, 9.17) is 16.3 Å². The average Bonchev–Trinajstić information content (AvgIpc) is 2.48. The fourth-order valence-corrected chi connectivity index (χ4v) is 2.04. The monoisotopic (exact) mass is 274 g/mol. The van der Waals surface area contributed by atoms with Crippen molar-refractivity contribution in [2.75, 3.05) is 6.61 Å². The molecule has 0 saturated heterocycles. The number of benzene rings is 2. The van der Waals surface area contributed by atoms with Crippen LogP contribution >= 0.6 is 11.6 Å². The van der Waals surface area contributed by atoms with E-state index in [1.807, 2.05) is 12.1 Å². The molecule has 0 unspecified atom stereocenters. The van der Waals surface area contributed by atoms with Gasteiger partial charge in [-0.05, 0) is 35.2 Å². The quantitative estimate of drug-likeness (QED) is 0.515. The third kappa shape index (κ3) is 4.00. The standard InChI is InChI=1S/C17H19ClO/c1-2-3-12-19-17-10-8-16(9-11-17)15-6-4-14(13-18)5-7-15/h4-11H,2-3,12-13H2,1H3. The minimum absolute atomic E-state index is 0.560. The molecule has 0 fully saturated rings. The lowest BCUT2D eigenvalue weighted by Gasteiger charge is -2.07. The van der Waals surface area contributed by atoms with Crippen LogP contribution in [0.4, 0.5) is 0 Å². The van der Waals surface area contributed by atoms with E-state index in [1.54, 1.807) is 0 Å². The van der Waals surface area contributed by atoms with E-state index in [0.29, 0.717) is 5.88 Å². The zero-order valence-corrected chi connectivity index (χ0v) is 12.0. The molecule has 2 heteroatoms. The van der Waals surface area contributed by atoms with Crippen LogP contribution in [0.25, 0.3) is 11.1 Å². The van der Waals surface area contributed by atoms with Crippen molar-refractivity contribution in [3.05, 3.63) is 54.1 Å². The van der Waals surface area contributed by atoms with Crippen LogP contribution in [0.5, 0.6) is 5.75 Å². The molecule has 0 saturated carbocycles. The van der Waals surface area contributed by atoms with Crippen LogP contribution in [0.15, 0.2) is 48.5 Å². The molecule has 0 aliphatic rings. The summed E-state index contributed by atoms with van der Waals surface area (Å²) < 4.78 is 5.66. The Morgan fingerprint density at radius 3 is 2.00 bits per heavy atom. The maximum Gasteiger partial charge on any atom is 0.119 e. The topological polar surface area (TPSA) is 9.23 Å². The summed E-state index contributed by atoms with van der Waals surface area (Å²) in [6, 6.07) is 16.6. The van der Waals surface area contributed by atoms with Gasteiger partial charge in [-0.3, -0.25) is 0 Å². The van der Waals surface area contributed by atoms with Crippen molar-refractivity contribution < 1.29 is 4.74 Å². The SMILES string of the molecule is CCCCOc1ccc(-c2ccc(CCl)cc2)cc1. The molecule has 0 amide bonds. The average molecular weight is 275 g/mol. The predicted molar refractivity (Wildman–Crippen MR) is 81.8 cm³/mol. The summed E-state index contributed by atoms with van der Waals surface area (Å²) in [4.78, 5) is 0. The molecule has 2 rings (SSSR count). The van der Waals surface area contributed by atoms with Crippen LogP contribution in [0.1, 0.15) is 25.3 Å². The van der Waals surface area contributed by atoms with Gasteiger partial charge < -0.3 is 4.74 Å². The molecular formula is C17H19ClO. The van der Waals surface area contributed by atoms with Crippen molar-refractivity contribution in [3.8, 4) is 16.9 Å². The van der Waals surface area contributed by atoms with Gasteiger partial charge in [0.15, 0.2) is 0 Å². The largest absolute Gasteiger partial charge is 0.494 e. The van der Waals surface area contributed by atoms with Crippen LogP contribution in [0.2, 0.25) is 0 Å². The summed E-state index contributed by atoms with van der Waals surface area (Å²) in [6.07, 6.45) is 2.26. The van der Waals surface area contributed by atoms with Crippen molar-refractivity contribution in [2.24, 2.45) is 0 Å². The minimum Gasteiger partial charge on any atom is -0.494 e. The van der Waals surface area contributed by atoms with Gasteiger partial charge in [0.1, 0.15) is 5.75 Å². The van der Waals surface area contributed by atoms with Crippen LogP contribution in [0.3, 0.4) is 0 Å². The van der Waals surface area contributed by atoms with Gasteiger partial charge in [-0.2, -0.15) is 0 Å². The molecule has 19 heavy (non-hydrogen) atoms. The first kappa shape index (κ1) is 14.0. The maximum absolute atomic E-state index is 5.79. The molecule has 0 aliphatic carbocycles. The third-order valence-electron chi connectivity index (χ3n) is 3.06. The first-order valence-corrected chi connectivity index (χ1v) is 7.25. The summed E-state index contributed by atoms with van der Waals surface area (Å²) in [5, 5.41) is 0. The van der Waals surface area contributed by atoms with Crippen LogP contribution < -0.4 is 4.74 Å². The highest BCUT2D eigenvalue weighted by Gasteiger charge is 1.99. The van der Waals surface area contributed by atoms with Gasteiger partial charge in [-0.1, -0.05) is 49.7 Å². The van der Waals surface area contributed by atoms with Gasteiger partial charge in [0, 0.05) is 5.88 Å². The van der Waals surface area contributed by atoms with Crippen LogP contribution in [-0.4, -0.2) is 6.61 Å². The predicted octanol–water partition coefficient (Wildman–Crippen LogP) is 5.27. The van der Waals surface area contributed by atoms with Crippen molar-refractivity contribution in [1.29, 1.82) is 0 Å². The van der Waals surface area contributed by atoms with Gasteiger partial charge in [-0.25, -0.2) is 0 Å². The number of ether oxygens (including phenoxy) is 1. The van der Waals surface area contributed by atoms with E-state index < -0.39 is 0 Å². The number of alkyl halides is 1. The van der Waals surface area contributed by atoms with Crippen molar-refractivity contribution in [2.45, 2.75) is 25.6 Å². The smallest absolute Gasteiger partial charge is 0.119 e. The summed E-state index contributed by atoms with van der Waals surface area (Å²) in [5.41, 5.74) is 3.54. The first-order valence-electron chi connectivity index (χ1n) is 6.71. The molecule has 1 nitrogen and oxygen atoms in total. The Balaban J connectivity index is 2.04. The normalized spacial score (nSPS) is 10.4. The lowest BCUT2D eigenvalue weighted by molar-refractivity contribution is 0.309. The van der Waals surface area contributed by atoms with E-state index >= 15 is 0 Å². The van der Waals surface area contributed by atoms with Crippen LogP contribution in [-0.2, 0) is 5.88 Å². The fraction of sp³-hybridized carbons (Fsp3) is 0.294. The Labute approximate surface area is 120 Å². The van der Waals surface area contributed by atoms with Crippen molar-refractivity contribution in [1.82, 2.24) is 0 Å². The van der Waals surface area contributed by atoms with Gasteiger partial charge >= 0.3 is 0 Å². The van der Waals surface area contributed by atoms with Crippen molar-refractivity contribution in [3.63, 3.8) is 0 Å². The van der Waals surface area contributed by atoms with Crippen LogP contribution in [0, 0.1) is 0 Å². The molecular weight excluding hydrogens is 256 g/mol. The maximum atomic E-state index is 5.79.